The van der Waals surface area contributed by atoms with Gasteiger partial charge < -0.3 is 9.88 Å². The largest absolute Gasteiger partial charge is 0.328 e. The molecule has 0 aliphatic rings. The van der Waals surface area contributed by atoms with Crippen LogP contribution < -0.4 is 5.32 Å². The molecule has 0 unspecified atom stereocenters. The molecule has 0 atom stereocenters. The standard InChI is InChI=1S/C12H17N3S/c1-12(2,13-3)11-6-14-9-15(11)7-10-4-5-16-8-10/h4-6,8-9,13H,7H2,1-3H3. The normalized spacial score (nSPS) is 11.9. The SMILES string of the molecule is CNC(C)(C)c1cncn1Cc1ccsc1. The Labute approximate surface area is 100 Å². The van der Waals surface area contributed by atoms with Crippen molar-refractivity contribution in [1.29, 1.82) is 0 Å². The molecule has 2 aromatic rings. The smallest absolute Gasteiger partial charge is 0.0951 e. The van der Waals surface area contributed by atoms with Gasteiger partial charge in [0.25, 0.3) is 0 Å². The fraction of sp³-hybridized carbons (Fsp3) is 0.417. The zero-order valence-electron chi connectivity index (χ0n) is 9.90. The monoisotopic (exact) mass is 235 g/mol. The van der Waals surface area contributed by atoms with Gasteiger partial charge in [-0.2, -0.15) is 11.3 Å². The molecule has 1 N–H and O–H groups in total. The third-order valence-electron chi connectivity index (χ3n) is 2.91. The Morgan fingerprint density at radius 3 is 2.94 bits per heavy atom. The number of imidazole rings is 1. The van der Waals surface area contributed by atoms with E-state index in [-0.39, 0.29) is 5.54 Å². The van der Waals surface area contributed by atoms with Crippen molar-refractivity contribution in [3.8, 4) is 0 Å². The van der Waals surface area contributed by atoms with Crippen LogP contribution in [0, 0.1) is 0 Å². The van der Waals surface area contributed by atoms with Crippen molar-refractivity contribution in [2.24, 2.45) is 0 Å². The molecule has 0 bridgehead atoms. The van der Waals surface area contributed by atoms with E-state index in [4.69, 9.17) is 0 Å². The summed E-state index contributed by atoms with van der Waals surface area (Å²) in [6.07, 6.45) is 3.83. The van der Waals surface area contributed by atoms with Crippen molar-refractivity contribution < 1.29 is 0 Å². The van der Waals surface area contributed by atoms with Gasteiger partial charge in [-0.25, -0.2) is 4.98 Å². The Morgan fingerprint density at radius 2 is 2.31 bits per heavy atom. The lowest BCUT2D eigenvalue weighted by Crippen LogP contribution is -2.35. The first-order valence-corrected chi connectivity index (χ1v) is 6.28. The minimum atomic E-state index is -0.0491. The second-order valence-corrected chi connectivity index (χ2v) is 5.19. The molecular formula is C12H17N3S. The molecule has 4 heteroatoms. The highest BCUT2D eigenvalue weighted by Gasteiger charge is 2.21. The van der Waals surface area contributed by atoms with E-state index in [0.717, 1.165) is 6.54 Å². The van der Waals surface area contributed by atoms with Gasteiger partial charge in [0.2, 0.25) is 0 Å². The van der Waals surface area contributed by atoms with Crippen LogP contribution in [0.15, 0.2) is 29.4 Å². The van der Waals surface area contributed by atoms with E-state index in [9.17, 15) is 0 Å². The lowest BCUT2D eigenvalue weighted by atomic mass is 10.0. The van der Waals surface area contributed by atoms with E-state index in [1.165, 1.54) is 11.3 Å². The van der Waals surface area contributed by atoms with E-state index in [1.54, 1.807) is 11.3 Å². The highest BCUT2D eigenvalue weighted by molar-refractivity contribution is 7.07. The van der Waals surface area contributed by atoms with Crippen molar-refractivity contribution >= 4 is 11.3 Å². The molecule has 16 heavy (non-hydrogen) atoms. The molecule has 0 spiro atoms. The number of hydrogen-bond acceptors (Lipinski definition) is 3. The lowest BCUT2D eigenvalue weighted by molar-refractivity contribution is 0.413. The minimum absolute atomic E-state index is 0.0491. The van der Waals surface area contributed by atoms with Gasteiger partial charge >= 0.3 is 0 Å². The lowest BCUT2D eigenvalue weighted by Gasteiger charge is -2.25. The number of rotatable bonds is 4. The maximum atomic E-state index is 4.24. The molecule has 86 valence electrons. The average Bonchev–Trinajstić information content (AvgIpc) is 2.89. The second-order valence-electron chi connectivity index (χ2n) is 4.41. The maximum absolute atomic E-state index is 4.24. The number of aromatic nitrogens is 2. The fourth-order valence-corrected chi connectivity index (χ4v) is 2.33. The summed E-state index contributed by atoms with van der Waals surface area (Å²) in [7, 11) is 1.97. The topological polar surface area (TPSA) is 29.9 Å². The van der Waals surface area contributed by atoms with E-state index in [1.807, 2.05) is 19.6 Å². The molecule has 2 heterocycles. The Balaban J connectivity index is 2.26. The zero-order valence-corrected chi connectivity index (χ0v) is 10.7. The molecule has 2 aromatic heterocycles. The van der Waals surface area contributed by atoms with Gasteiger partial charge in [-0.1, -0.05) is 0 Å². The summed E-state index contributed by atoms with van der Waals surface area (Å²) in [4.78, 5) is 4.24. The van der Waals surface area contributed by atoms with Crippen LogP contribution in [-0.4, -0.2) is 16.6 Å². The first kappa shape index (κ1) is 11.4. The van der Waals surface area contributed by atoms with Crippen molar-refractivity contribution in [2.45, 2.75) is 25.9 Å². The summed E-state index contributed by atoms with van der Waals surface area (Å²) >= 11 is 1.73. The molecule has 0 saturated carbocycles. The number of thiophene rings is 1. The van der Waals surface area contributed by atoms with Crippen LogP contribution in [0.25, 0.3) is 0 Å². The van der Waals surface area contributed by atoms with Gasteiger partial charge in [-0.3, -0.25) is 0 Å². The minimum Gasteiger partial charge on any atom is -0.328 e. The molecule has 0 radical (unpaired) electrons. The highest BCUT2D eigenvalue weighted by atomic mass is 32.1. The third-order valence-corrected chi connectivity index (χ3v) is 3.64. The van der Waals surface area contributed by atoms with Gasteiger partial charge in [-0.15, -0.1) is 0 Å². The van der Waals surface area contributed by atoms with Crippen molar-refractivity contribution in [1.82, 2.24) is 14.9 Å². The van der Waals surface area contributed by atoms with Crippen LogP contribution in [0.2, 0.25) is 0 Å². The van der Waals surface area contributed by atoms with Gasteiger partial charge in [-0.05, 0) is 43.3 Å². The summed E-state index contributed by atoms with van der Waals surface area (Å²) in [5.74, 6) is 0. The van der Waals surface area contributed by atoms with Crippen LogP contribution in [0.4, 0.5) is 0 Å². The molecule has 0 saturated heterocycles. The molecule has 0 aliphatic carbocycles. The predicted molar refractivity (Wildman–Crippen MR) is 67.7 cm³/mol. The van der Waals surface area contributed by atoms with Gasteiger partial charge in [0.15, 0.2) is 0 Å². The van der Waals surface area contributed by atoms with E-state index in [0.29, 0.717) is 0 Å². The summed E-state index contributed by atoms with van der Waals surface area (Å²) in [6.45, 7) is 5.21. The zero-order chi connectivity index (χ0) is 11.6. The molecular weight excluding hydrogens is 218 g/mol. The molecule has 3 nitrogen and oxygen atoms in total. The number of nitrogens with one attached hydrogen (secondary N) is 1. The number of hydrogen-bond donors (Lipinski definition) is 1. The first-order valence-electron chi connectivity index (χ1n) is 5.34. The summed E-state index contributed by atoms with van der Waals surface area (Å²) in [6, 6.07) is 2.15. The molecule has 0 aliphatic heterocycles. The van der Waals surface area contributed by atoms with E-state index < -0.39 is 0 Å². The predicted octanol–water partition coefficient (Wildman–Crippen LogP) is 2.45. The summed E-state index contributed by atoms with van der Waals surface area (Å²) in [5.41, 5.74) is 2.49. The molecule has 2 rings (SSSR count). The molecule has 0 aromatic carbocycles. The van der Waals surface area contributed by atoms with E-state index in [2.05, 4.69) is 45.5 Å². The van der Waals surface area contributed by atoms with Crippen molar-refractivity contribution in [3.63, 3.8) is 0 Å². The second kappa shape index (κ2) is 4.39. The Morgan fingerprint density at radius 1 is 1.50 bits per heavy atom. The Kier molecular flexibility index (Phi) is 3.12. The van der Waals surface area contributed by atoms with Crippen molar-refractivity contribution in [2.75, 3.05) is 7.05 Å². The average molecular weight is 235 g/mol. The quantitative estimate of drug-likeness (QED) is 0.882. The van der Waals surface area contributed by atoms with Crippen LogP contribution in [0.1, 0.15) is 25.1 Å². The van der Waals surface area contributed by atoms with Crippen molar-refractivity contribution in [3.05, 3.63) is 40.6 Å². The maximum Gasteiger partial charge on any atom is 0.0951 e. The third kappa shape index (κ3) is 2.18. The van der Waals surface area contributed by atoms with Crippen LogP contribution >= 0.6 is 11.3 Å². The summed E-state index contributed by atoms with van der Waals surface area (Å²) < 4.78 is 2.19. The number of nitrogens with zero attached hydrogens (tertiary/aromatic N) is 2. The van der Waals surface area contributed by atoms with Crippen LogP contribution in [-0.2, 0) is 12.1 Å². The van der Waals surface area contributed by atoms with Gasteiger partial charge in [0.05, 0.1) is 23.8 Å². The van der Waals surface area contributed by atoms with Crippen LogP contribution in [0.3, 0.4) is 0 Å². The highest BCUT2D eigenvalue weighted by Crippen LogP contribution is 2.20. The molecule has 0 fully saturated rings. The molecule has 0 amide bonds. The van der Waals surface area contributed by atoms with Gasteiger partial charge in [0, 0.05) is 6.54 Å². The van der Waals surface area contributed by atoms with Crippen LogP contribution in [0.5, 0.6) is 0 Å². The van der Waals surface area contributed by atoms with Gasteiger partial charge in [0.1, 0.15) is 0 Å². The fourth-order valence-electron chi connectivity index (χ4n) is 1.67. The Hall–Kier alpha value is -1.13. The Bertz CT molecular complexity index is 443. The van der Waals surface area contributed by atoms with E-state index >= 15 is 0 Å². The summed E-state index contributed by atoms with van der Waals surface area (Å²) in [5, 5.41) is 7.59. The first-order chi connectivity index (χ1) is 7.63.